The number of aryl methyl sites for hydroxylation is 1. The van der Waals surface area contributed by atoms with Crippen molar-refractivity contribution in [2.75, 3.05) is 18.1 Å². The zero-order valence-electron chi connectivity index (χ0n) is 12.6. The Kier molecular flexibility index (Phi) is 5.31. The molecule has 5 nitrogen and oxygen atoms in total. The highest BCUT2D eigenvalue weighted by Crippen LogP contribution is 2.31. The summed E-state index contributed by atoms with van der Waals surface area (Å²) in [6, 6.07) is 0.485. The van der Waals surface area contributed by atoms with Crippen molar-refractivity contribution in [3.63, 3.8) is 0 Å². The molecule has 20 heavy (non-hydrogen) atoms. The standard InChI is InChI=1S/C15H26N4O/c1-3-12-13(10-16)15(18-17-14(12)4-2)19(8-9-20)11-6-5-7-11/h11,20H,3-10,16H2,1-2H3. The van der Waals surface area contributed by atoms with Crippen LogP contribution in [0.5, 0.6) is 0 Å². The van der Waals surface area contributed by atoms with E-state index < -0.39 is 0 Å². The van der Waals surface area contributed by atoms with E-state index in [0.29, 0.717) is 19.1 Å². The van der Waals surface area contributed by atoms with Crippen LogP contribution < -0.4 is 10.6 Å². The van der Waals surface area contributed by atoms with Gasteiger partial charge in [-0.3, -0.25) is 0 Å². The lowest BCUT2D eigenvalue weighted by molar-refractivity contribution is 0.282. The molecule has 1 saturated carbocycles. The molecule has 2 rings (SSSR count). The van der Waals surface area contributed by atoms with Gasteiger partial charge in [0.25, 0.3) is 0 Å². The molecular weight excluding hydrogens is 252 g/mol. The van der Waals surface area contributed by atoms with Crippen molar-refractivity contribution >= 4 is 5.82 Å². The van der Waals surface area contributed by atoms with Crippen molar-refractivity contribution in [3.05, 3.63) is 16.8 Å². The van der Waals surface area contributed by atoms with Crippen LogP contribution in [0.15, 0.2) is 0 Å². The van der Waals surface area contributed by atoms with Crippen LogP contribution in [0.4, 0.5) is 5.82 Å². The second-order valence-electron chi connectivity index (χ2n) is 5.34. The van der Waals surface area contributed by atoms with E-state index in [9.17, 15) is 5.11 Å². The van der Waals surface area contributed by atoms with Crippen molar-refractivity contribution in [2.24, 2.45) is 5.73 Å². The summed E-state index contributed by atoms with van der Waals surface area (Å²) in [6.07, 6.45) is 5.40. The smallest absolute Gasteiger partial charge is 0.156 e. The van der Waals surface area contributed by atoms with Crippen molar-refractivity contribution in [1.82, 2.24) is 10.2 Å². The maximum absolute atomic E-state index is 9.34. The van der Waals surface area contributed by atoms with Crippen LogP contribution in [0, 0.1) is 0 Å². The summed E-state index contributed by atoms with van der Waals surface area (Å²) >= 11 is 0. The van der Waals surface area contributed by atoms with E-state index in [1.54, 1.807) is 0 Å². The highest BCUT2D eigenvalue weighted by atomic mass is 16.3. The molecule has 1 aliphatic carbocycles. The van der Waals surface area contributed by atoms with Crippen LogP contribution >= 0.6 is 0 Å². The molecule has 0 spiro atoms. The van der Waals surface area contributed by atoms with E-state index in [1.165, 1.54) is 24.8 Å². The molecule has 0 radical (unpaired) electrons. The minimum absolute atomic E-state index is 0.138. The molecule has 112 valence electrons. The molecule has 0 aliphatic heterocycles. The quantitative estimate of drug-likeness (QED) is 0.789. The number of aromatic nitrogens is 2. The van der Waals surface area contributed by atoms with Gasteiger partial charge in [0.2, 0.25) is 0 Å². The third kappa shape index (κ3) is 2.79. The van der Waals surface area contributed by atoms with Crippen molar-refractivity contribution < 1.29 is 5.11 Å². The average molecular weight is 278 g/mol. The lowest BCUT2D eigenvalue weighted by Crippen LogP contribution is -2.43. The first-order valence-electron chi connectivity index (χ1n) is 7.71. The minimum atomic E-state index is 0.138. The summed E-state index contributed by atoms with van der Waals surface area (Å²) in [7, 11) is 0. The summed E-state index contributed by atoms with van der Waals surface area (Å²) in [6.45, 7) is 5.47. The lowest BCUT2D eigenvalue weighted by Gasteiger charge is -2.39. The molecule has 1 fully saturated rings. The summed E-state index contributed by atoms with van der Waals surface area (Å²) < 4.78 is 0. The molecule has 0 amide bonds. The van der Waals surface area contributed by atoms with Gasteiger partial charge < -0.3 is 15.7 Å². The Labute approximate surface area is 121 Å². The Morgan fingerprint density at radius 1 is 1.20 bits per heavy atom. The minimum Gasteiger partial charge on any atom is -0.395 e. The van der Waals surface area contributed by atoms with E-state index >= 15 is 0 Å². The molecule has 5 heteroatoms. The highest BCUT2D eigenvalue weighted by Gasteiger charge is 2.28. The van der Waals surface area contributed by atoms with Gasteiger partial charge in [0.05, 0.1) is 12.3 Å². The fraction of sp³-hybridized carbons (Fsp3) is 0.733. The van der Waals surface area contributed by atoms with Gasteiger partial charge in [0.15, 0.2) is 5.82 Å². The van der Waals surface area contributed by atoms with Gasteiger partial charge in [-0.25, -0.2) is 0 Å². The Morgan fingerprint density at radius 3 is 2.40 bits per heavy atom. The average Bonchev–Trinajstić information content (AvgIpc) is 2.43. The predicted octanol–water partition coefficient (Wildman–Crippen LogP) is 1.41. The van der Waals surface area contributed by atoms with E-state index in [-0.39, 0.29) is 6.61 Å². The van der Waals surface area contributed by atoms with E-state index in [1.807, 2.05) is 0 Å². The Morgan fingerprint density at radius 2 is 1.95 bits per heavy atom. The number of nitrogens with zero attached hydrogens (tertiary/aromatic N) is 3. The highest BCUT2D eigenvalue weighted by molar-refractivity contribution is 5.52. The molecular formula is C15H26N4O. The fourth-order valence-electron chi connectivity index (χ4n) is 2.95. The SMILES string of the molecule is CCc1nnc(N(CCO)C2CCC2)c(CN)c1CC. The summed E-state index contributed by atoms with van der Waals surface area (Å²) in [4.78, 5) is 2.21. The van der Waals surface area contributed by atoms with Crippen molar-refractivity contribution in [3.8, 4) is 0 Å². The topological polar surface area (TPSA) is 75.3 Å². The number of hydrogen-bond acceptors (Lipinski definition) is 5. The first-order valence-corrected chi connectivity index (χ1v) is 7.71. The zero-order valence-corrected chi connectivity index (χ0v) is 12.6. The van der Waals surface area contributed by atoms with Crippen LogP contribution in [0.2, 0.25) is 0 Å². The predicted molar refractivity (Wildman–Crippen MR) is 80.8 cm³/mol. The van der Waals surface area contributed by atoms with Crippen LogP contribution in [0.3, 0.4) is 0 Å². The molecule has 0 bridgehead atoms. The van der Waals surface area contributed by atoms with Gasteiger partial charge in [0.1, 0.15) is 0 Å². The van der Waals surface area contributed by atoms with E-state index in [2.05, 4.69) is 28.9 Å². The Balaban J connectivity index is 2.42. The van der Waals surface area contributed by atoms with Gasteiger partial charge >= 0.3 is 0 Å². The number of hydrogen-bond donors (Lipinski definition) is 2. The molecule has 0 atom stereocenters. The summed E-state index contributed by atoms with van der Waals surface area (Å²) in [5.74, 6) is 0.889. The second kappa shape index (κ2) is 6.99. The van der Waals surface area contributed by atoms with Crippen LogP contribution in [-0.4, -0.2) is 34.5 Å². The van der Waals surface area contributed by atoms with Crippen molar-refractivity contribution in [2.45, 2.75) is 58.5 Å². The molecule has 0 aromatic carbocycles. The van der Waals surface area contributed by atoms with Gasteiger partial charge in [-0.2, -0.15) is 5.10 Å². The lowest BCUT2D eigenvalue weighted by atomic mass is 9.90. The normalized spacial score (nSPS) is 15.2. The Hall–Kier alpha value is -1.20. The van der Waals surface area contributed by atoms with E-state index in [0.717, 1.165) is 29.9 Å². The van der Waals surface area contributed by atoms with Crippen LogP contribution in [-0.2, 0) is 19.4 Å². The maximum Gasteiger partial charge on any atom is 0.156 e. The molecule has 0 unspecified atom stereocenters. The molecule has 1 aromatic heterocycles. The maximum atomic E-state index is 9.34. The summed E-state index contributed by atoms with van der Waals surface area (Å²) in [5.41, 5.74) is 9.39. The third-order valence-electron chi connectivity index (χ3n) is 4.27. The number of rotatable bonds is 7. The molecule has 1 heterocycles. The molecule has 1 aliphatic rings. The number of nitrogens with two attached hydrogens (primary N) is 1. The first kappa shape index (κ1) is 15.2. The number of anilines is 1. The van der Waals surface area contributed by atoms with Crippen molar-refractivity contribution in [1.29, 1.82) is 0 Å². The van der Waals surface area contributed by atoms with Crippen LogP contribution in [0.25, 0.3) is 0 Å². The largest absolute Gasteiger partial charge is 0.395 e. The zero-order chi connectivity index (χ0) is 14.5. The second-order valence-corrected chi connectivity index (χ2v) is 5.34. The summed E-state index contributed by atoms with van der Waals surface area (Å²) in [5, 5.41) is 18.2. The molecule has 3 N–H and O–H groups in total. The molecule has 0 saturated heterocycles. The van der Waals surface area contributed by atoms with Gasteiger partial charge in [-0.15, -0.1) is 5.10 Å². The molecule has 1 aromatic rings. The Bertz CT molecular complexity index is 446. The van der Waals surface area contributed by atoms with Gasteiger partial charge in [-0.1, -0.05) is 13.8 Å². The van der Waals surface area contributed by atoms with Gasteiger partial charge in [0, 0.05) is 24.7 Å². The first-order chi connectivity index (χ1) is 9.76. The van der Waals surface area contributed by atoms with Crippen LogP contribution in [0.1, 0.15) is 49.9 Å². The monoisotopic (exact) mass is 278 g/mol. The van der Waals surface area contributed by atoms with E-state index in [4.69, 9.17) is 5.73 Å². The number of aliphatic hydroxyl groups is 1. The number of aliphatic hydroxyl groups excluding tert-OH is 1. The van der Waals surface area contributed by atoms with Gasteiger partial charge in [-0.05, 0) is 37.7 Å². The third-order valence-corrected chi connectivity index (χ3v) is 4.27. The fourth-order valence-corrected chi connectivity index (χ4v) is 2.95.